The van der Waals surface area contributed by atoms with Crippen LogP contribution >= 0.6 is 0 Å². The molecule has 16 heavy (non-hydrogen) atoms. The van der Waals surface area contributed by atoms with E-state index in [1.165, 1.54) is 24.8 Å². The van der Waals surface area contributed by atoms with Crippen molar-refractivity contribution in [3.8, 4) is 0 Å². The predicted octanol–water partition coefficient (Wildman–Crippen LogP) is 1.39. The van der Waals surface area contributed by atoms with Gasteiger partial charge >= 0.3 is 18.9 Å². The van der Waals surface area contributed by atoms with E-state index in [1.807, 2.05) is 0 Å². The topological polar surface area (TPSA) is 0 Å². The molecule has 3 atom stereocenters. The average molecular weight is 210 g/mol. The molecule has 2 aliphatic rings. The van der Waals surface area contributed by atoms with Gasteiger partial charge in [0.1, 0.15) is 0 Å². The fourth-order valence-corrected chi connectivity index (χ4v) is 3.24. The van der Waals surface area contributed by atoms with Crippen LogP contribution in [0.5, 0.6) is 0 Å². The number of hydrogen-bond acceptors (Lipinski definition) is 0. The van der Waals surface area contributed by atoms with Crippen molar-refractivity contribution in [2.24, 2.45) is 23.7 Å². The maximum atomic E-state index is 3.54. The van der Waals surface area contributed by atoms with E-state index >= 15 is 0 Å². The largest absolute Gasteiger partial charge is 1.00 e. The first kappa shape index (κ1) is 14.1. The molecule has 0 aliphatic heterocycles. The van der Waals surface area contributed by atoms with Crippen molar-refractivity contribution in [2.75, 3.05) is 0 Å². The van der Waals surface area contributed by atoms with Gasteiger partial charge in [-0.25, -0.2) is 11.6 Å². The number of hydrogen-bond donors (Lipinski definition) is 0. The molecular weight excluding hydrogens is 187 g/mol. The van der Waals surface area contributed by atoms with Gasteiger partial charge in [-0.3, -0.25) is 6.08 Å². The van der Waals surface area contributed by atoms with E-state index in [4.69, 9.17) is 0 Å². The van der Waals surface area contributed by atoms with Gasteiger partial charge in [0.25, 0.3) is 0 Å². The fourth-order valence-electron chi connectivity index (χ4n) is 3.24. The van der Waals surface area contributed by atoms with Crippen LogP contribution in [0.25, 0.3) is 0 Å². The molecule has 1 heteroatoms. The monoisotopic (exact) mass is 210 g/mol. The Morgan fingerprint density at radius 2 is 2.06 bits per heavy atom. The summed E-state index contributed by atoms with van der Waals surface area (Å²) in [5.41, 5.74) is 1.51. The van der Waals surface area contributed by atoms with Crippen LogP contribution in [0.2, 0.25) is 0 Å². The second-order valence-electron chi connectivity index (χ2n) is 5.67. The quantitative estimate of drug-likeness (QED) is 0.477. The molecule has 0 aromatic carbocycles. The van der Waals surface area contributed by atoms with Gasteiger partial charge in [0.2, 0.25) is 0 Å². The fraction of sp³-hybridized carbons (Fsp3) is 0.733. The maximum Gasteiger partial charge on any atom is 1.00 e. The zero-order chi connectivity index (χ0) is 10.8. The van der Waals surface area contributed by atoms with Crippen molar-refractivity contribution < 1.29 is 18.9 Å². The third kappa shape index (κ3) is 3.05. The van der Waals surface area contributed by atoms with E-state index in [0.717, 1.165) is 30.1 Å². The summed E-state index contributed by atoms with van der Waals surface area (Å²) in [5.74, 6) is 3.43. The van der Waals surface area contributed by atoms with Crippen molar-refractivity contribution in [2.45, 2.75) is 46.5 Å². The van der Waals surface area contributed by atoms with Gasteiger partial charge in [0.05, 0.1) is 0 Å². The third-order valence-electron chi connectivity index (χ3n) is 4.14. The summed E-state index contributed by atoms with van der Waals surface area (Å²) in [6.45, 7) is 7.17. The summed E-state index contributed by atoms with van der Waals surface area (Å²) in [6.07, 6.45) is 13.4. The zero-order valence-electron chi connectivity index (χ0n) is 11.3. The van der Waals surface area contributed by atoms with E-state index in [-0.39, 0.29) is 18.9 Å². The Labute approximate surface area is 113 Å². The SMILES string of the molecule is CC1CCC(C(C)C)C(C2=[C-]CC=C2)C1.[Li+]. The van der Waals surface area contributed by atoms with Crippen LogP contribution in [0.15, 0.2) is 17.7 Å². The number of rotatable bonds is 2. The summed E-state index contributed by atoms with van der Waals surface area (Å²) in [7, 11) is 0. The second kappa shape index (κ2) is 6.13. The molecule has 84 valence electrons. The van der Waals surface area contributed by atoms with Crippen molar-refractivity contribution in [3.05, 3.63) is 23.8 Å². The minimum absolute atomic E-state index is 0. The van der Waals surface area contributed by atoms with E-state index in [9.17, 15) is 0 Å². The summed E-state index contributed by atoms with van der Waals surface area (Å²) < 4.78 is 0. The zero-order valence-corrected chi connectivity index (χ0v) is 11.3. The molecule has 0 aromatic rings. The molecule has 1 fully saturated rings. The molecule has 0 heterocycles. The molecule has 2 rings (SSSR count). The van der Waals surface area contributed by atoms with E-state index in [1.54, 1.807) is 0 Å². The van der Waals surface area contributed by atoms with Crippen LogP contribution in [0, 0.1) is 29.7 Å². The van der Waals surface area contributed by atoms with Gasteiger partial charge < -0.3 is 0 Å². The molecular formula is C15H23Li. The van der Waals surface area contributed by atoms with Crippen LogP contribution in [-0.2, 0) is 0 Å². The molecule has 0 nitrogen and oxygen atoms in total. The number of allylic oxidation sites excluding steroid dienone is 4. The van der Waals surface area contributed by atoms with Crippen molar-refractivity contribution in [1.29, 1.82) is 0 Å². The summed E-state index contributed by atoms with van der Waals surface area (Å²) in [5, 5.41) is 0. The summed E-state index contributed by atoms with van der Waals surface area (Å²) in [4.78, 5) is 0. The van der Waals surface area contributed by atoms with Gasteiger partial charge in [-0.05, 0) is 36.5 Å². The van der Waals surface area contributed by atoms with Crippen LogP contribution in [0.1, 0.15) is 46.5 Å². The van der Waals surface area contributed by atoms with Gasteiger partial charge in [0, 0.05) is 0 Å². The molecule has 0 spiro atoms. The molecule has 0 bridgehead atoms. The standard InChI is InChI=1S/C15H23.Li/c1-11(2)14-9-8-12(3)10-15(14)13-6-4-5-7-13;/h4,6,11-12,14-15H,5,8-10H2,1-3H3;/q-1;+1. The summed E-state index contributed by atoms with van der Waals surface area (Å²) in [6, 6.07) is 0. The van der Waals surface area contributed by atoms with E-state index < -0.39 is 0 Å². The molecule has 0 amide bonds. The molecule has 0 N–H and O–H groups in total. The minimum atomic E-state index is 0. The van der Waals surface area contributed by atoms with Gasteiger partial charge in [-0.1, -0.05) is 27.2 Å². The summed E-state index contributed by atoms with van der Waals surface area (Å²) >= 11 is 0. The van der Waals surface area contributed by atoms with Gasteiger partial charge in [-0.15, -0.1) is 6.42 Å². The molecule has 0 aromatic heterocycles. The first-order valence-electron chi connectivity index (χ1n) is 6.45. The van der Waals surface area contributed by atoms with E-state index in [0.29, 0.717) is 0 Å². The van der Waals surface area contributed by atoms with Crippen molar-refractivity contribution in [1.82, 2.24) is 0 Å². The Morgan fingerprint density at radius 1 is 1.31 bits per heavy atom. The Balaban J connectivity index is 0.00000128. The predicted molar refractivity (Wildman–Crippen MR) is 65.3 cm³/mol. The maximum absolute atomic E-state index is 3.54. The van der Waals surface area contributed by atoms with Gasteiger partial charge in [-0.2, -0.15) is 6.08 Å². The Hall–Kier alpha value is 0.0774. The molecule has 1 saturated carbocycles. The Morgan fingerprint density at radius 3 is 2.62 bits per heavy atom. The molecule has 2 aliphatic carbocycles. The molecule has 3 unspecified atom stereocenters. The van der Waals surface area contributed by atoms with Gasteiger partial charge in [0.15, 0.2) is 0 Å². The Bertz CT molecular complexity index is 275. The molecule has 0 saturated heterocycles. The van der Waals surface area contributed by atoms with Crippen LogP contribution < -0.4 is 18.9 Å². The molecule has 0 radical (unpaired) electrons. The smallest absolute Gasteiger partial charge is 0.269 e. The van der Waals surface area contributed by atoms with Crippen molar-refractivity contribution >= 4 is 0 Å². The first-order valence-corrected chi connectivity index (χ1v) is 6.45. The van der Waals surface area contributed by atoms with Crippen LogP contribution in [0.3, 0.4) is 0 Å². The minimum Gasteiger partial charge on any atom is -0.269 e. The first-order chi connectivity index (χ1) is 7.18. The van der Waals surface area contributed by atoms with Crippen molar-refractivity contribution in [3.63, 3.8) is 0 Å². The normalized spacial score (nSPS) is 33.8. The average Bonchev–Trinajstić information content (AvgIpc) is 2.69. The van der Waals surface area contributed by atoms with Crippen LogP contribution in [0.4, 0.5) is 0 Å². The Kier molecular flexibility index (Phi) is 5.42. The van der Waals surface area contributed by atoms with Crippen LogP contribution in [-0.4, -0.2) is 0 Å². The second-order valence-corrected chi connectivity index (χ2v) is 5.67. The third-order valence-corrected chi connectivity index (χ3v) is 4.14. The van der Waals surface area contributed by atoms with E-state index in [2.05, 4.69) is 39.0 Å².